The summed E-state index contributed by atoms with van der Waals surface area (Å²) in [4.78, 5) is 11.4. The van der Waals surface area contributed by atoms with Crippen molar-refractivity contribution in [3.8, 4) is 11.3 Å². The predicted molar refractivity (Wildman–Crippen MR) is 74.4 cm³/mol. The van der Waals surface area contributed by atoms with Crippen molar-refractivity contribution in [1.29, 1.82) is 0 Å². The predicted octanol–water partition coefficient (Wildman–Crippen LogP) is 2.25. The van der Waals surface area contributed by atoms with Crippen LogP contribution in [0.1, 0.15) is 31.4 Å². The van der Waals surface area contributed by atoms with E-state index in [1.807, 2.05) is 6.07 Å². The summed E-state index contributed by atoms with van der Waals surface area (Å²) in [6, 6.07) is 6.29. The lowest BCUT2D eigenvalue weighted by atomic mass is 10.0. The van der Waals surface area contributed by atoms with E-state index >= 15 is 0 Å². The zero-order chi connectivity index (χ0) is 14.3. The lowest BCUT2D eigenvalue weighted by Crippen LogP contribution is -2.37. The van der Waals surface area contributed by atoms with Crippen LogP contribution in [0, 0.1) is 0 Å². The number of rotatable bonds is 3. The number of aryl methyl sites for hydroxylation is 2. The zero-order valence-corrected chi connectivity index (χ0v) is 11.6. The highest BCUT2D eigenvalue weighted by Crippen LogP contribution is 2.29. The third-order valence-corrected chi connectivity index (χ3v) is 4.00. The molecule has 0 unspecified atom stereocenters. The van der Waals surface area contributed by atoms with Gasteiger partial charge in [-0.1, -0.05) is 17.3 Å². The van der Waals surface area contributed by atoms with Crippen molar-refractivity contribution >= 4 is 5.97 Å². The molecule has 0 fully saturated rings. The van der Waals surface area contributed by atoms with Crippen LogP contribution in [-0.4, -0.2) is 26.1 Å². The normalized spacial score (nSPS) is 14.3. The van der Waals surface area contributed by atoms with Gasteiger partial charge in [-0.15, -0.1) is 5.10 Å². The summed E-state index contributed by atoms with van der Waals surface area (Å²) in [5, 5.41) is 17.2. The Labute approximate surface area is 117 Å². The Bertz CT molecular complexity index is 674. The fraction of sp³-hybridized carbons (Fsp3) is 0.400. The molecule has 1 N–H and O–H groups in total. The average Bonchev–Trinajstić information content (AvgIpc) is 3.06. The van der Waals surface area contributed by atoms with Gasteiger partial charge in [0.15, 0.2) is 5.54 Å². The summed E-state index contributed by atoms with van der Waals surface area (Å²) in [7, 11) is 0. The second kappa shape index (κ2) is 4.44. The van der Waals surface area contributed by atoms with Gasteiger partial charge in [-0.2, -0.15) is 0 Å². The van der Waals surface area contributed by atoms with E-state index in [4.69, 9.17) is 0 Å². The van der Waals surface area contributed by atoms with Crippen molar-refractivity contribution in [3.05, 3.63) is 35.5 Å². The second-order valence-electron chi connectivity index (χ2n) is 5.73. The number of aliphatic carboxylic acids is 1. The van der Waals surface area contributed by atoms with Crippen LogP contribution >= 0.6 is 0 Å². The maximum atomic E-state index is 11.4. The molecule has 1 aliphatic rings. The van der Waals surface area contributed by atoms with E-state index in [2.05, 4.69) is 22.4 Å². The van der Waals surface area contributed by atoms with E-state index in [1.165, 1.54) is 22.2 Å². The largest absolute Gasteiger partial charge is 0.479 e. The fourth-order valence-electron chi connectivity index (χ4n) is 2.67. The summed E-state index contributed by atoms with van der Waals surface area (Å²) in [5.74, 6) is -0.926. The second-order valence-corrected chi connectivity index (χ2v) is 5.73. The molecule has 0 saturated heterocycles. The maximum absolute atomic E-state index is 11.4. The highest BCUT2D eigenvalue weighted by Gasteiger charge is 2.33. The first-order valence-electron chi connectivity index (χ1n) is 6.77. The molecular weight excluding hydrogens is 254 g/mol. The summed E-state index contributed by atoms with van der Waals surface area (Å²) >= 11 is 0. The highest BCUT2D eigenvalue weighted by atomic mass is 16.4. The van der Waals surface area contributed by atoms with Gasteiger partial charge in [0, 0.05) is 5.56 Å². The first kappa shape index (κ1) is 12.8. The van der Waals surface area contributed by atoms with Gasteiger partial charge in [0.25, 0.3) is 0 Å². The van der Waals surface area contributed by atoms with Crippen LogP contribution in [0.3, 0.4) is 0 Å². The van der Waals surface area contributed by atoms with Gasteiger partial charge >= 0.3 is 5.97 Å². The number of fused-ring (bicyclic) bond motifs is 1. The minimum Gasteiger partial charge on any atom is -0.479 e. The van der Waals surface area contributed by atoms with E-state index in [1.54, 1.807) is 20.0 Å². The topological polar surface area (TPSA) is 68.0 Å². The third-order valence-electron chi connectivity index (χ3n) is 4.00. The number of benzene rings is 1. The molecule has 0 aliphatic heterocycles. The van der Waals surface area contributed by atoms with E-state index in [0.29, 0.717) is 0 Å². The van der Waals surface area contributed by atoms with Gasteiger partial charge in [0.1, 0.15) is 0 Å². The van der Waals surface area contributed by atoms with Crippen LogP contribution < -0.4 is 0 Å². The molecule has 0 radical (unpaired) electrons. The van der Waals surface area contributed by atoms with Gasteiger partial charge in [0.05, 0.1) is 11.9 Å². The summed E-state index contributed by atoms with van der Waals surface area (Å²) in [6.07, 6.45) is 5.04. The van der Waals surface area contributed by atoms with Crippen LogP contribution in [0.4, 0.5) is 0 Å². The monoisotopic (exact) mass is 271 g/mol. The van der Waals surface area contributed by atoms with Crippen LogP contribution in [0.25, 0.3) is 11.3 Å². The molecule has 104 valence electrons. The quantitative estimate of drug-likeness (QED) is 0.929. The van der Waals surface area contributed by atoms with Crippen molar-refractivity contribution in [3.63, 3.8) is 0 Å². The third kappa shape index (κ3) is 1.90. The van der Waals surface area contributed by atoms with Crippen LogP contribution in [-0.2, 0) is 23.2 Å². The average molecular weight is 271 g/mol. The molecule has 0 bridgehead atoms. The Morgan fingerprint density at radius 1 is 1.30 bits per heavy atom. The molecule has 3 rings (SSSR count). The van der Waals surface area contributed by atoms with Crippen molar-refractivity contribution in [2.45, 2.75) is 38.6 Å². The first-order valence-corrected chi connectivity index (χ1v) is 6.77. The standard InChI is InChI=1S/C15H17N3O2/c1-15(2,14(19)20)18-13(9-16-17-18)12-7-6-10-4-3-5-11(10)8-12/h6-9H,3-5H2,1-2H3,(H,19,20). The van der Waals surface area contributed by atoms with Gasteiger partial charge in [-0.3, -0.25) is 0 Å². The number of carboxylic acid groups (broad SMARTS) is 1. The van der Waals surface area contributed by atoms with Gasteiger partial charge in [-0.05, 0) is 50.3 Å². The van der Waals surface area contributed by atoms with Gasteiger partial charge in [-0.25, -0.2) is 9.48 Å². The number of hydrogen-bond donors (Lipinski definition) is 1. The van der Waals surface area contributed by atoms with Crippen LogP contribution in [0.2, 0.25) is 0 Å². The lowest BCUT2D eigenvalue weighted by Gasteiger charge is -2.21. The molecule has 0 saturated carbocycles. The van der Waals surface area contributed by atoms with Crippen molar-refractivity contribution < 1.29 is 9.90 Å². The number of carbonyl (C=O) groups is 1. The number of nitrogens with zero attached hydrogens (tertiary/aromatic N) is 3. The van der Waals surface area contributed by atoms with Crippen LogP contribution in [0.15, 0.2) is 24.4 Å². The Morgan fingerprint density at radius 3 is 2.80 bits per heavy atom. The number of carboxylic acids is 1. The summed E-state index contributed by atoms with van der Waals surface area (Å²) in [6.45, 7) is 3.25. The van der Waals surface area contributed by atoms with E-state index in [9.17, 15) is 9.90 Å². The summed E-state index contributed by atoms with van der Waals surface area (Å²) in [5.41, 5.74) is 3.34. The Morgan fingerprint density at radius 2 is 2.05 bits per heavy atom. The number of hydrogen-bond acceptors (Lipinski definition) is 3. The minimum absolute atomic E-state index is 0.743. The van der Waals surface area contributed by atoms with Gasteiger partial charge < -0.3 is 5.11 Å². The molecule has 5 heteroatoms. The van der Waals surface area contributed by atoms with E-state index < -0.39 is 11.5 Å². The lowest BCUT2D eigenvalue weighted by molar-refractivity contribution is -0.146. The molecule has 0 spiro atoms. The highest BCUT2D eigenvalue weighted by molar-refractivity contribution is 5.77. The molecule has 5 nitrogen and oxygen atoms in total. The minimum atomic E-state index is -1.12. The molecule has 0 amide bonds. The van der Waals surface area contributed by atoms with E-state index in [0.717, 1.165) is 24.1 Å². The molecule has 2 aromatic rings. The summed E-state index contributed by atoms with van der Waals surface area (Å²) < 4.78 is 1.48. The van der Waals surface area contributed by atoms with Crippen molar-refractivity contribution in [1.82, 2.24) is 15.0 Å². The molecule has 1 aromatic carbocycles. The molecule has 1 aromatic heterocycles. The Hall–Kier alpha value is -2.17. The Kier molecular flexibility index (Phi) is 2.85. The number of aromatic nitrogens is 3. The Balaban J connectivity index is 2.08. The SMILES string of the molecule is CC(C)(C(=O)O)n1nncc1-c1ccc2c(c1)CCC2. The molecule has 20 heavy (non-hydrogen) atoms. The molecule has 1 aliphatic carbocycles. The molecular formula is C15H17N3O2. The molecule has 1 heterocycles. The maximum Gasteiger partial charge on any atom is 0.331 e. The zero-order valence-electron chi connectivity index (χ0n) is 11.6. The molecule has 0 atom stereocenters. The first-order chi connectivity index (χ1) is 9.50. The fourth-order valence-corrected chi connectivity index (χ4v) is 2.67. The smallest absolute Gasteiger partial charge is 0.331 e. The van der Waals surface area contributed by atoms with Crippen LogP contribution in [0.5, 0.6) is 0 Å². The van der Waals surface area contributed by atoms with Crippen molar-refractivity contribution in [2.24, 2.45) is 0 Å². The van der Waals surface area contributed by atoms with E-state index in [-0.39, 0.29) is 0 Å². The van der Waals surface area contributed by atoms with Gasteiger partial charge in [0.2, 0.25) is 0 Å². The van der Waals surface area contributed by atoms with Crippen molar-refractivity contribution in [2.75, 3.05) is 0 Å².